The second-order valence-corrected chi connectivity index (χ2v) is 4.87. The average molecular weight is 223 g/mol. The van der Waals surface area contributed by atoms with Gasteiger partial charge in [0.15, 0.2) is 0 Å². The molecule has 0 heterocycles. The van der Waals surface area contributed by atoms with E-state index in [4.69, 9.17) is 0 Å². The molecule has 1 aromatic rings. The van der Waals surface area contributed by atoms with Crippen LogP contribution in [0.1, 0.15) is 27.2 Å². The number of benzene rings is 1. The first-order valence-corrected chi connectivity index (χ1v) is 6.81. The van der Waals surface area contributed by atoms with Crippen LogP contribution in [0.4, 0.5) is 5.69 Å². The monoisotopic (exact) mass is 223 g/mol. The molecule has 84 valence electrons. The fourth-order valence-corrected chi connectivity index (χ4v) is 2.07. The van der Waals surface area contributed by atoms with Crippen LogP contribution in [0, 0.1) is 5.92 Å². The molecule has 1 rings (SSSR count). The molecule has 0 amide bonds. The first-order chi connectivity index (χ1) is 7.19. The fraction of sp³-hybridized carbons (Fsp3) is 0.538. The van der Waals surface area contributed by atoms with Gasteiger partial charge in [0.25, 0.3) is 0 Å². The van der Waals surface area contributed by atoms with E-state index >= 15 is 0 Å². The molecule has 0 bridgehead atoms. The zero-order chi connectivity index (χ0) is 11.3. The third kappa shape index (κ3) is 3.45. The zero-order valence-electron chi connectivity index (χ0n) is 10.1. The number of para-hydroxylation sites is 1. The topological polar surface area (TPSA) is 12.0 Å². The summed E-state index contributed by atoms with van der Waals surface area (Å²) >= 11 is 1.79. The Morgan fingerprint density at radius 1 is 1.27 bits per heavy atom. The quantitative estimate of drug-likeness (QED) is 0.749. The first-order valence-electron chi connectivity index (χ1n) is 5.58. The van der Waals surface area contributed by atoms with Crippen LogP contribution in [-0.4, -0.2) is 12.3 Å². The normalized spacial score (nSPS) is 14.7. The molecule has 0 saturated carbocycles. The minimum Gasteiger partial charge on any atom is -0.381 e. The molecule has 0 unspecified atom stereocenters. The summed E-state index contributed by atoms with van der Waals surface area (Å²) in [6, 6.07) is 9.03. The summed E-state index contributed by atoms with van der Waals surface area (Å²) in [5.41, 5.74) is 1.26. The molecular formula is C13H21NS. The number of hydrogen-bond donors (Lipinski definition) is 1. The van der Waals surface area contributed by atoms with E-state index in [9.17, 15) is 0 Å². The van der Waals surface area contributed by atoms with E-state index in [1.165, 1.54) is 17.0 Å². The van der Waals surface area contributed by atoms with E-state index < -0.39 is 0 Å². The molecule has 0 aromatic heterocycles. The minimum absolute atomic E-state index is 0.531. The van der Waals surface area contributed by atoms with Crippen molar-refractivity contribution in [2.45, 2.75) is 38.1 Å². The van der Waals surface area contributed by atoms with Crippen LogP contribution in [0.3, 0.4) is 0 Å². The maximum Gasteiger partial charge on any atom is 0.0480 e. The Kier molecular flexibility index (Phi) is 5.03. The number of nitrogens with one attached hydrogen (secondary N) is 1. The van der Waals surface area contributed by atoms with Crippen molar-refractivity contribution >= 4 is 17.4 Å². The second kappa shape index (κ2) is 6.06. The van der Waals surface area contributed by atoms with Crippen molar-refractivity contribution in [1.82, 2.24) is 0 Å². The van der Waals surface area contributed by atoms with Crippen LogP contribution < -0.4 is 5.32 Å². The molecule has 0 radical (unpaired) electrons. The highest BCUT2D eigenvalue weighted by Crippen LogP contribution is 2.26. The average Bonchev–Trinajstić information content (AvgIpc) is 2.28. The summed E-state index contributed by atoms with van der Waals surface area (Å²) in [5.74, 6) is 0.708. The smallest absolute Gasteiger partial charge is 0.0480 e. The summed E-state index contributed by atoms with van der Waals surface area (Å²) < 4.78 is 0. The highest BCUT2D eigenvalue weighted by atomic mass is 32.2. The summed E-state index contributed by atoms with van der Waals surface area (Å²) in [5, 5.41) is 3.59. The molecular weight excluding hydrogens is 202 g/mol. The summed E-state index contributed by atoms with van der Waals surface area (Å²) in [6.07, 6.45) is 3.34. The summed E-state index contributed by atoms with van der Waals surface area (Å²) in [6.45, 7) is 6.79. The van der Waals surface area contributed by atoms with Crippen molar-refractivity contribution in [3.8, 4) is 0 Å². The van der Waals surface area contributed by atoms with Crippen molar-refractivity contribution in [2.24, 2.45) is 5.92 Å². The maximum atomic E-state index is 3.59. The molecule has 0 fully saturated rings. The van der Waals surface area contributed by atoms with E-state index in [2.05, 4.69) is 56.6 Å². The van der Waals surface area contributed by atoms with E-state index in [-0.39, 0.29) is 0 Å². The lowest BCUT2D eigenvalue weighted by atomic mass is 10.0. The van der Waals surface area contributed by atoms with E-state index in [1.807, 2.05) is 0 Å². The van der Waals surface area contributed by atoms with Crippen LogP contribution >= 0.6 is 11.8 Å². The van der Waals surface area contributed by atoms with Crippen molar-refractivity contribution in [2.75, 3.05) is 11.6 Å². The second-order valence-electron chi connectivity index (χ2n) is 4.02. The fourth-order valence-electron chi connectivity index (χ4n) is 1.50. The Bertz CT molecular complexity index is 298. The molecule has 0 spiro atoms. The Balaban J connectivity index is 2.71. The molecule has 1 nitrogen and oxygen atoms in total. The molecule has 0 aliphatic rings. The van der Waals surface area contributed by atoms with Gasteiger partial charge in [-0.25, -0.2) is 0 Å². The number of hydrogen-bond acceptors (Lipinski definition) is 2. The van der Waals surface area contributed by atoms with Gasteiger partial charge in [-0.3, -0.25) is 0 Å². The van der Waals surface area contributed by atoms with Crippen LogP contribution in [0.25, 0.3) is 0 Å². The largest absolute Gasteiger partial charge is 0.381 e. The third-order valence-corrected chi connectivity index (χ3v) is 3.78. The molecule has 0 aliphatic carbocycles. The Labute approximate surface area is 97.7 Å². The van der Waals surface area contributed by atoms with Crippen LogP contribution in [0.2, 0.25) is 0 Å². The van der Waals surface area contributed by atoms with Crippen molar-refractivity contribution < 1.29 is 0 Å². The van der Waals surface area contributed by atoms with E-state index in [1.54, 1.807) is 11.8 Å². The van der Waals surface area contributed by atoms with Gasteiger partial charge < -0.3 is 5.32 Å². The molecule has 1 N–H and O–H groups in total. The van der Waals surface area contributed by atoms with Gasteiger partial charge in [-0.2, -0.15) is 0 Å². The van der Waals surface area contributed by atoms with Gasteiger partial charge >= 0.3 is 0 Å². The summed E-state index contributed by atoms with van der Waals surface area (Å²) in [4.78, 5) is 1.33. The SMILES string of the molecule is CC[C@@H](C)[C@@H](C)Nc1ccccc1SC. The lowest BCUT2D eigenvalue weighted by Gasteiger charge is -2.22. The highest BCUT2D eigenvalue weighted by Gasteiger charge is 2.10. The van der Waals surface area contributed by atoms with E-state index in [0.717, 1.165) is 0 Å². The summed E-state index contributed by atoms with van der Waals surface area (Å²) in [7, 11) is 0. The standard InChI is InChI=1S/C13H21NS/c1-5-10(2)11(3)14-12-8-6-7-9-13(12)15-4/h6-11,14H,5H2,1-4H3/t10-,11-/m1/s1. The van der Waals surface area contributed by atoms with Gasteiger partial charge in [-0.1, -0.05) is 32.4 Å². The van der Waals surface area contributed by atoms with Gasteiger partial charge in [0.1, 0.15) is 0 Å². The van der Waals surface area contributed by atoms with Crippen LogP contribution in [0.15, 0.2) is 29.2 Å². The number of thioether (sulfide) groups is 1. The predicted octanol–water partition coefficient (Wildman–Crippen LogP) is 4.26. The van der Waals surface area contributed by atoms with Crippen LogP contribution in [-0.2, 0) is 0 Å². The minimum atomic E-state index is 0.531. The van der Waals surface area contributed by atoms with Crippen LogP contribution in [0.5, 0.6) is 0 Å². The molecule has 0 aliphatic heterocycles. The van der Waals surface area contributed by atoms with E-state index in [0.29, 0.717) is 12.0 Å². The van der Waals surface area contributed by atoms with Gasteiger partial charge in [0, 0.05) is 16.6 Å². The van der Waals surface area contributed by atoms with Crippen molar-refractivity contribution in [3.05, 3.63) is 24.3 Å². The van der Waals surface area contributed by atoms with Gasteiger partial charge in [0.05, 0.1) is 0 Å². The number of rotatable bonds is 5. The Morgan fingerprint density at radius 2 is 1.93 bits per heavy atom. The molecule has 15 heavy (non-hydrogen) atoms. The Hall–Kier alpha value is -0.630. The molecule has 2 heteroatoms. The molecule has 1 aromatic carbocycles. The maximum absolute atomic E-state index is 3.59. The van der Waals surface area contributed by atoms with Crippen molar-refractivity contribution in [3.63, 3.8) is 0 Å². The van der Waals surface area contributed by atoms with Gasteiger partial charge in [-0.15, -0.1) is 11.8 Å². The first kappa shape index (κ1) is 12.4. The molecule has 0 saturated heterocycles. The Morgan fingerprint density at radius 3 is 2.53 bits per heavy atom. The third-order valence-electron chi connectivity index (χ3n) is 2.99. The lowest BCUT2D eigenvalue weighted by molar-refractivity contribution is 0.494. The highest BCUT2D eigenvalue weighted by molar-refractivity contribution is 7.98. The lowest BCUT2D eigenvalue weighted by Crippen LogP contribution is -2.23. The van der Waals surface area contributed by atoms with Crippen molar-refractivity contribution in [1.29, 1.82) is 0 Å². The predicted molar refractivity (Wildman–Crippen MR) is 70.8 cm³/mol. The molecule has 2 atom stereocenters. The van der Waals surface area contributed by atoms with Gasteiger partial charge in [0.2, 0.25) is 0 Å². The van der Waals surface area contributed by atoms with Gasteiger partial charge in [-0.05, 0) is 31.2 Å². The zero-order valence-corrected chi connectivity index (χ0v) is 10.9. The number of anilines is 1.